The minimum absolute atomic E-state index is 0.0486. The molecule has 2 rings (SSSR count). The average Bonchev–Trinajstić information content (AvgIpc) is 3.31. The van der Waals surface area contributed by atoms with Crippen molar-refractivity contribution >= 4 is 5.91 Å². The van der Waals surface area contributed by atoms with Crippen molar-refractivity contribution < 1.29 is 54.0 Å². The Bertz CT molecular complexity index is 1380. The molecule has 1 fully saturated rings. The number of carbonyl (C=O) groups excluding carboxylic acids is 1. The fourth-order valence-corrected chi connectivity index (χ4v) is 7.54. The zero-order valence-electron chi connectivity index (χ0n) is 39.7. The summed E-state index contributed by atoms with van der Waals surface area (Å²) in [4.78, 5) is 13.2. The van der Waals surface area contributed by atoms with Gasteiger partial charge in [-0.25, -0.2) is 0 Å². The van der Waals surface area contributed by atoms with Crippen molar-refractivity contribution in [3.05, 3.63) is 84.5 Å². The monoisotopic (exact) mass is 917 g/mol. The molecule has 1 aliphatic heterocycles. The summed E-state index contributed by atoms with van der Waals surface area (Å²) >= 11 is 0. The van der Waals surface area contributed by atoms with E-state index in [1.165, 1.54) is 24.8 Å². The SMILES string of the molecule is CCCCCC=CCC=CCC=CCC=CCCCC(=O)N[C@@H](CC[C@H]1OC(COCCOCCOCCOCCN)[C@H](O)[C@H](O)C1O)[C@H](O)[C@@H](O)CCCCCCCc1ccccc1. The van der Waals surface area contributed by atoms with Gasteiger partial charge in [0.25, 0.3) is 0 Å². The number of nitrogens with two attached hydrogens (primary N) is 1. The molecule has 1 aromatic rings. The van der Waals surface area contributed by atoms with Crippen molar-refractivity contribution in [2.24, 2.45) is 5.73 Å². The molecule has 1 saturated heterocycles. The van der Waals surface area contributed by atoms with E-state index in [-0.39, 0.29) is 45.0 Å². The van der Waals surface area contributed by atoms with Gasteiger partial charge in [0, 0.05) is 13.0 Å². The molecule has 0 bridgehead atoms. The summed E-state index contributed by atoms with van der Waals surface area (Å²) in [6.07, 6.45) is 24.7. The van der Waals surface area contributed by atoms with Gasteiger partial charge in [0.2, 0.25) is 5.91 Å². The Morgan fingerprint density at radius 1 is 0.662 bits per heavy atom. The van der Waals surface area contributed by atoms with Crippen LogP contribution in [-0.2, 0) is 34.9 Å². The van der Waals surface area contributed by atoms with Crippen molar-refractivity contribution in [3.8, 4) is 0 Å². The van der Waals surface area contributed by atoms with Gasteiger partial charge in [-0.15, -0.1) is 0 Å². The first kappa shape index (κ1) is 58.3. The first-order valence-electron chi connectivity index (χ1n) is 24.8. The van der Waals surface area contributed by atoms with Gasteiger partial charge in [0.05, 0.1) is 77.2 Å². The predicted molar refractivity (Wildman–Crippen MR) is 258 cm³/mol. The standard InChI is InChI=1S/C52H88N2O11/c1-2-3-4-5-6-7-8-9-10-11-12-13-14-15-16-20-26-31-48(56)54-44(49(57)45(55)30-25-19-17-18-22-27-43-28-23-21-24-29-43)32-33-46-50(58)52(60)51(59)47(65-46)42-64-41-40-63-39-38-62-37-36-61-35-34-53/h6-7,9-10,12-13,15-16,21,23-24,28-29,44-47,49-52,55,57-60H,2-5,8,11,14,17-20,22,25-27,30-42,53H2,1H3,(H,54,56)/t44-,45-,46+,47?,49-,50?,51-,52+/m0/s1. The summed E-state index contributed by atoms with van der Waals surface area (Å²) in [5.74, 6) is -0.243. The van der Waals surface area contributed by atoms with Crippen LogP contribution in [0.4, 0.5) is 0 Å². The van der Waals surface area contributed by atoms with Gasteiger partial charge in [0.1, 0.15) is 24.4 Å². The van der Waals surface area contributed by atoms with Crippen molar-refractivity contribution in [1.82, 2.24) is 5.32 Å². The molecule has 13 nitrogen and oxygen atoms in total. The molecule has 1 amide bonds. The highest BCUT2D eigenvalue weighted by Crippen LogP contribution is 2.26. The second-order valence-corrected chi connectivity index (χ2v) is 17.0. The van der Waals surface area contributed by atoms with Crippen molar-refractivity contribution in [1.29, 1.82) is 0 Å². The Morgan fingerprint density at radius 3 is 1.85 bits per heavy atom. The summed E-state index contributed by atoms with van der Waals surface area (Å²) in [7, 11) is 0. The van der Waals surface area contributed by atoms with Gasteiger partial charge in [-0.3, -0.25) is 4.79 Å². The Balaban J connectivity index is 1.83. The molecule has 0 saturated carbocycles. The molecule has 372 valence electrons. The molecule has 0 radical (unpaired) electrons. The van der Waals surface area contributed by atoms with Crippen molar-refractivity contribution in [2.75, 3.05) is 59.4 Å². The fourth-order valence-electron chi connectivity index (χ4n) is 7.54. The first-order valence-corrected chi connectivity index (χ1v) is 24.8. The van der Waals surface area contributed by atoms with E-state index in [0.717, 1.165) is 70.6 Å². The van der Waals surface area contributed by atoms with Crippen LogP contribution in [0.25, 0.3) is 0 Å². The van der Waals surface area contributed by atoms with Crippen LogP contribution < -0.4 is 11.1 Å². The van der Waals surface area contributed by atoms with Crippen LogP contribution in [0.5, 0.6) is 0 Å². The van der Waals surface area contributed by atoms with E-state index in [4.69, 9.17) is 29.4 Å². The summed E-state index contributed by atoms with van der Waals surface area (Å²) in [6.45, 7) is 5.31. The third-order valence-corrected chi connectivity index (χ3v) is 11.4. The molecular formula is C52H88N2O11. The molecule has 1 aromatic carbocycles. The summed E-state index contributed by atoms with van der Waals surface area (Å²) in [6, 6.07) is 9.59. The molecule has 8 atom stereocenters. The van der Waals surface area contributed by atoms with Gasteiger partial charge in [-0.1, -0.05) is 124 Å². The number of aryl methyl sites for hydroxylation is 1. The number of unbranched alkanes of at least 4 members (excludes halogenated alkanes) is 8. The Kier molecular flexibility index (Phi) is 36.2. The highest BCUT2D eigenvalue weighted by atomic mass is 16.6. The molecule has 0 spiro atoms. The van der Waals surface area contributed by atoms with E-state index in [2.05, 4.69) is 85.1 Å². The van der Waals surface area contributed by atoms with Crippen LogP contribution in [0, 0.1) is 0 Å². The zero-order chi connectivity index (χ0) is 47.0. The third kappa shape index (κ3) is 29.6. The van der Waals surface area contributed by atoms with E-state index in [9.17, 15) is 30.3 Å². The smallest absolute Gasteiger partial charge is 0.220 e. The fraction of sp³-hybridized carbons (Fsp3) is 0.712. The number of ether oxygens (including phenoxy) is 5. The van der Waals surface area contributed by atoms with Crippen LogP contribution in [0.2, 0.25) is 0 Å². The maximum Gasteiger partial charge on any atom is 0.220 e. The van der Waals surface area contributed by atoms with Gasteiger partial charge in [0.15, 0.2) is 0 Å². The van der Waals surface area contributed by atoms with E-state index in [1.54, 1.807) is 0 Å². The number of allylic oxidation sites excluding steroid dienone is 8. The normalized spacial score (nSPS) is 20.7. The highest BCUT2D eigenvalue weighted by Gasteiger charge is 2.44. The summed E-state index contributed by atoms with van der Waals surface area (Å²) in [5, 5.41) is 57.8. The number of amides is 1. The average molecular weight is 917 g/mol. The van der Waals surface area contributed by atoms with Crippen LogP contribution in [0.1, 0.15) is 128 Å². The molecule has 0 aliphatic carbocycles. The number of benzene rings is 1. The van der Waals surface area contributed by atoms with Crippen LogP contribution in [0.15, 0.2) is 78.9 Å². The summed E-state index contributed by atoms with van der Waals surface area (Å²) in [5.41, 5.74) is 6.72. The number of nitrogens with one attached hydrogen (secondary N) is 1. The van der Waals surface area contributed by atoms with Gasteiger partial charge in [-0.2, -0.15) is 0 Å². The number of hydrogen-bond donors (Lipinski definition) is 7. The molecule has 2 unspecified atom stereocenters. The quantitative estimate of drug-likeness (QED) is 0.0275. The van der Waals surface area contributed by atoms with E-state index in [0.29, 0.717) is 52.4 Å². The van der Waals surface area contributed by atoms with Crippen molar-refractivity contribution in [3.63, 3.8) is 0 Å². The summed E-state index contributed by atoms with van der Waals surface area (Å²) < 4.78 is 27.9. The predicted octanol–water partition coefficient (Wildman–Crippen LogP) is 6.58. The lowest BCUT2D eigenvalue weighted by Gasteiger charge is -2.41. The maximum atomic E-state index is 13.2. The van der Waals surface area contributed by atoms with Crippen LogP contribution in [0.3, 0.4) is 0 Å². The lowest BCUT2D eigenvalue weighted by Crippen LogP contribution is -2.59. The largest absolute Gasteiger partial charge is 0.390 e. The van der Waals surface area contributed by atoms with E-state index >= 15 is 0 Å². The van der Waals surface area contributed by atoms with E-state index < -0.39 is 48.8 Å². The lowest BCUT2D eigenvalue weighted by atomic mass is 9.90. The number of carbonyl (C=O) groups is 1. The van der Waals surface area contributed by atoms with Gasteiger partial charge < -0.3 is 60.3 Å². The topological polar surface area (TPSA) is 202 Å². The van der Waals surface area contributed by atoms with Gasteiger partial charge in [-0.05, 0) is 82.6 Å². The molecule has 8 N–H and O–H groups in total. The second-order valence-electron chi connectivity index (χ2n) is 17.0. The first-order chi connectivity index (χ1) is 31.8. The third-order valence-electron chi connectivity index (χ3n) is 11.4. The highest BCUT2D eigenvalue weighted by molar-refractivity contribution is 5.76. The number of aliphatic hydroxyl groups excluding tert-OH is 5. The van der Waals surface area contributed by atoms with Crippen LogP contribution >= 0.6 is 0 Å². The number of rotatable bonds is 41. The Labute approximate surface area is 391 Å². The van der Waals surface area contributed by atoms with Crippen molar-refractivity contribution in [2.45, 2.75) is 178 Å². The van der Waals surface area contributed by atoms with Gasteiger partial charge >= 0.3 is 0 Å². The van der Waals surface area contributed by atoms with E-state index in [1.807, 2.05) is 6.07 Å². The number of aliphatic hydroxyl groups is 5. The second kappa shape index (κ2) is 40.3. The molecule has 0 aromatic heterocycles. The lowest BCUT2D eigenvalue weighted by molar-refractivity contribution is -0.234. The molecule has 1 heterocycles. The number of hydrogen-bond acceptors (Lipinski definition) is 12. The molecule has 13 heteroatoms. The van der Waals surface area contributed by atoms with Crippen LogP contribution in [-0.4, -0.2) is 140 Å². The molecule has 1 aliphatic rings. The maximum absolute atomic E-state index is 13.2. The zero-order valence-corrected chi connectivity index (χ0v) is 39.7. The minimum Gasteiger partial charge on any atom is -0.390 e. The minimum atomic E-state index is -1.49. The molecule has 65 heavy (non-hydrogen) atoms. The molecular weight excluding hydrogens is 829 g/mol. The Hall–Kier alpha value is -2.79. The Morgan fingerprint density at radius 2 is 1.22 bits per heavy atom.